The Kier molecular flexibility index (Phi) is 4.75. The molecule has 1 aromatic carbocycles. The predicted octanol–water partition coefficient (Wildman–Crippen LogP) is 1.63. The van der Waals surface area contributed by atoms with Crippen molar-refractivity contribution in [2.75, 3.05) is 35.5 Å². The minimum atomic E-state index is -2.06. The number of carbonyl (C=O) groups is 1. The van der Waals surface area contributed by atoms with Crippen molar-refractivity contribution < 1.29 is 33.6 Å². The van der Waals surface area contributed by atoms with E-state index in [9.17, 15) is 9.90 Å². The van der Waals surface area contributed by atoms with Gasteiger partial charge in [0, 0.05) is 0 Å². The van der Waals surface area contributed by atoms with E-state index in [1.54, 1.807) is 6.07 Å². The minimum Gasteiger partial charge on any atom is -0.493 e. The number of carbonyl (C=O) groups excluding carboxylic acids is 1. The van der Waals surface area contributed by atoms with E-state index in [1.807, 2.05) is 0 Å². The lowest BCUT2D eigenvalue weighted by molar-refractivity contribution is -0.147. The zero-order valence-corrected chi connectivity index (χ0v) is 14.3. The van der Waals surface area contributed by atoms with Gasteiger partial charge < -0.3 is 28.8 Å². The minimum absolute atomic E-state index is 0.0105. The number of benzene rings is 1. The van der Waals surface area contributed by atoms with Gasteiger partial charge in [-0.2, -0.15) is 0 Å². The fourth-order valence-corrected chi connectivity index (χ4v) is 2.83. The van der Waals surface area contributed by atoms with Crippen LogP contribution >= 0.6 is 0 Å². The molecule has 130 valence electrons. The van der Waals surface area contributed by atoms with Gasteiger partial charge in [-0.1, -0.05) is 12.7 Å². The number of aliphatic hydroxyl groups is 1. The van der Waals surface area contributed by atoms with Crippen LogP contribution in [0.5, 0.6) is 17.2 Å². The second-order valence-electron chi connectivity index (χ2n) is 4.92. The molecule has 1 atom stereocenters. The third kappa shape index (κ3) is 2.12. The fraction of sp³-hybridized carbons (Fsp3) is 0.353. The van der Waals surface area contributed by atoms with Gasteiger partial charge in [-0.15, -0.1) is 0 Å². The Balaban J connectivity index is 2.86. The molecule has 0 aromatic heterocycles. The summed E-state index contributed by atoms with van der Waals surface area (Å²) in [6.45, 7) is 3.72. The highest BCUT2D eigenvalue weighted by Crippen LogP contribution is 2.53. The maximum Gasteiger partial charge on any atom is 0.245 e. The molecule has 0 aliphatic heterocycles. The molecule has 24 heavy (non-hydrogen) atoms. The van der Waals surface area contributed by atoms with E-state index in [1.165, 1.54) is 41.6 Å². The molecule has 1 unspecified atom stereocenters. The number of rotatable bonds is 7. The third-order valence-electron chi connectivity index (χ3n) is 3.92. The summed E-state index contributed by atoms with van der Waals surface area (Å²) < 4.78 is 26.2. The first kappa shape index (κ1) is 17.7. The van der Waals surface area contributed by atoms with E-state index in [0.717, 1.165) is 0 Å². The smallest absolute Gasteiger partial charge is 0.245 e. The van der Waals surface area contributed by atoms with Crippen LogP contribution in [0, 0.1) is 0 Å². The Labute approximate surface area is 140 Å². The van der Waals surface area contributed by atoms with Gasteiger partial charge in [-0.3, -0.25) is 4.79 Å². The molecule has 1 N–H and O–H groups in total. The Hall–Kier alpha value is -2.67. The number of ether oxygens (including phenoxy) is 5. The summed E-state index contributed by atoms with van der Waals surface area (Å²) in [5.41, 5.74) is -1.47. The average molecular weight is 336 g/mol. The average Bonchev–Trinajstić information content (AvgIpc) is 2.62. The highest BCUT2D eigenvalue weighted by atomic mass is 16.5. The molecule has 1 aromatic rings. The summed E-state index contributed by atoms with van der Waals surface area (Å²) in [5, 5.41) is 11.1. The molecule has 0 radical (unpaired) electrons. The molecule has 7 heteroatoms. The van der Waals surface area contributed by atoms with Gasteiger partial charge in [0.15, 0.2) is 17.3 Å². The van der Waals surface area contributed by atoms with Crippen LogP contribution in [0.1, 0.15) is 11.1 Å². The van der Waals surface area contributed by atoms with Gasteiger partial charge in [0.1, 0.15) is 0 Å². The van der Waals surface area contributed by atoms with Crippen LogP contribution in [0.4, 0.5) is 0 Å². The normalized spacial score (nSPS) is 19.5. The molecular weight excluding hydrogens is 316 g/mol. The van der Waals surface area contributed by atoms with Crippen molar-refractivity contribution in [3.05, 3.63) is 35.3 Å². The van der Waals surface area contributed by atoms with Crippen LogP contribution < -0.4 is 14.2 Å². The number of ketones is 1. The Morgan fingerprint density at radius 2 is 1.62 bits per heavy atom. The molecule has 0 saturated carbocycles. The van der Waals surface area contributed by atoms with Crippen molar-refractivity contribution in [1.82, 2.24) is 0 Å². The van der Waals surface area contributed by atoms with Gasteiger partial charge in [0.2, 0.25) is 22.9 Å². The zero-order valence-electron chi connectivity index (χ0n) is 14.3. The van der Waals surface area contributed by atoms with Crippen molar-refractivity contribution in [3.8, 4) is 17.2 Å². The molecular formula is C17H20O7. The van der Waals surface area contributed by atoms with Gasteiger partial charge in [-0.05, 0) is 11.6 Å². The largest absolute Gasteiger partial charge is 0.493 e. The lowest BCUT2D eigenvalue weighted by Crippen LogP contribution is -2.50. The van der Waals surface area contributed by atoms with Gasteiger partial charge >= 0.3 is 0 Å². The highest BCUT2D eigenvalue weighted by molar-refractivity contribution is 6.11. The highest BCUT2D eigenvalue weighted by Gasteiger charge is 2.60. The van der Waals surface area contributed by atoms with Crippen LogP contribution in [0.2, 0.25) is 0 Å². The van der Waals surface area contributed by atoms with Crippen LogP contribution in [-0.4, -0.2) is 46.4 Å². The first-order chi connectivity index (χ1) is 11.5. The SMILES string of the molecule is C=Cc1cc(OC)c(OC)c(OC)c1C1(O)C(=O)C(OC)=C1OC. The van der Waals surface area contributed by atoms with E-state index >= 15 is 0 Å². The van der Waals surface area contributed by atoms with E-state index in [-0.39, 0.29) is 28.6 Å². The summed E-state index contributed by atoms with van der Waals surface area (Å²) in [7, 11) is 6.96. The van der Waals surface area contributed by atoms with Crippen molar-refractivity contribution in [3.63, 3.8) is 0 Å². The van der Waals surface area contributed by atoms with Crippen LogP contribution in [0.3, 0.4) is 0 Å². The molecule has 0 saturated heterocycles. The van der Waals surface area contributed by atoms with E-state index in [4.69, 9.17) is 23.7 Å². The Bertz CT molecular complexity index is 720. The zero-order chi connectivity index (χ0) is 18.1. The van der Waals surface area contributed by atoms with Crippen LogP contribution in [-0.2, 0) is 19.9 Å². The van der Waals surface area contributed by atoms with Crippen LogP contribution in [0.15, 0.2) is 24.2 Å². The number of methoxy groups -OCH3 is 5. The molecule has 0 amide bonds. The van der Waals surface area contributed by atoms with E-state index in [2.05, 4.69) is 6.58 Å². The van der Waals surface area contributed by atoms with E-state index < -0.39 is 11.4 Å². The molecule has 0 spiro atoms. The first-order valence-electron chi connectivity index (χ1n) is 7.01. The van der Waals surface area contributed by atoms with Crippen molar-refractivity contribution in [1.29, 1.82) is 0 Å². The lowest BCUT2D eigenvalue weighted by atomic mass is 9.74. The molecule has 1 aliphatic rings. The first-order valence-corrected chi connectivity index (χ1v) is 7.01. The molecule has 1 aliphatic carbocycles. The van der Waals surface area contributed by atoms with Gasteiger partial charge in [0.25, 0.3) is 0 Å². The summed E-state index contributed by atoms with van der Waals surface area (Å²) in [5.74, 6) is 0.0553. The second kappa shape index (κ2) is 6.45. The topological polar surface area (TPSA) is 83.5 Å². The summed E-state index contributed by atoms with van der Waals surface area (Å²) in [6.07, 6.45) is 1.48. The maximum atomic E-state index is 12.5. The Morgan fingerprint density at radius 1 is 1.00 bits per heavy atom. The van der Waals surface area contributed by atoms with E-state index in [0.29, 0.717) is 11.3 Å². The molecule has 0 bridgehead atoms. The Morgan fingerprint density at radius 3 is 2.04 bits per heavy atom. The number of hydrogen-bond acceptors (Lipinski definition) is 7. The maximum absolute atomic E-state index is 12.5. The fourth-order valence-electron chi connectivity index (χ4n) is 2.83. The molecule has 0 fully saturated rings. The summed E-state index contributed by atoms with van der Waals surface area (Å²) in [6, 6.07) is 1.59. The standard InChI is InChI=1S/C17H20O7/c1-7-9-8-10(20-2)12(21-3)13(22-4)11(9)17(19)15(18)14(23-5)16(17)24-6/h7-8,19H,1H2,2-6H3. The van der Waals surface area contributed by atoms with Crippen LogP contribution in [0.25, 0.3) is 6.08 Å². The van der Waals surface area contributed by atoms with Crippen molar-refractivity contribution in [2.45, 2.75) is 5.60 Å². The summed E-state index contributed by atoms with van der Waals surface area (Å²) in [4.78, 5) is 12.5. The lowest BCUT2D eigenvalue weighted by Gasteiger charge is -2.38. The van der Waals surface area contributed by atoms with Gasteiger partial charge in [-0.25, -0.2) is 0 Å². The number of hydrogen-bond donors (Lipinski definition) is 1. The predicted molar refractivity (Wildman–Crippen MR) is 86.1 cm³/mol. The molecule has 7 nitrogen and oxygen atoms in total. The third-order valence-corrected chi connectivity index (χ3v) is 3.92. The quantitative estimate of drug-likeness (QED) is 0.810. The van der Waals surface area contributed by atoms with Crippen molar-refractivity contribution >= 4 is 11.9 Å². The molecule has 0 heterocycles. The summed E-state index contributed by atoms with van der Waals surface area (Å²) >= 11 is 0. The monoisotopic (exact) mass is 336 g/mol. The second-order valence-corrected chi connectivity index (χ2v) is 4.92. The van der Waals surface area contributed by atoms with Gasteiger partial charge in [0.05, 0.1) is 41.1 Å². The molecule has 2 rings (SSSR count). The number of Topliss-reactive ketones (excluding diaryl/α,β-unsaturated/α-hetero) is 1. The van der Waals surface area contributed by atoms with Crippen molar-refractivity contribution in [2.24, 2.45) is 0 Å².